The van der Waals surface area contributed by atoms with Gasteiger partial charge in [0.15, 0.2) is 5.96 Å². The van der Waals surface area contributed by atoms with Crippen LogP contribution in [0.4, 0.5) is 4.79 Å². The topological polar surface area (TPSA) is 89.2 Å². The van der Waals surface area contributed by atoms with Crippen LogP contribution in [0.15, 0.2) is 4.99 Å². The average molecular weight is 508 g/mol. The molecular weight excluding hydrogens is 471 g/mol. The second-order valence-corrected chi connectivity index (χ2v) is 8.11. The molecule has 2 unspecified atom stereocenters. The van der Waals surface area contributed by atoms with E-state index in [0.717, 1.165) is 25.9 Å². The van der Waals surface area contributed by atoms with E-state index in [1.165, 1.54) is 32.1 Å². The Morgan fingerprint density at radius 3 is 2.46 bits per heavy atom. The van der Waals surface area contributed by atoms with E-state index in [0.29, 0.717) is 31.8 Å². The maximum absolute atomic E-state index is 11.8. The van der Waals surface area contributed by atoms with Gasteiger partial charge in [0.1, 0.15) is 0 Å². The number of aliphatic imine (C=N–C) groups is 1. The quantitative estimate of drug-likeness (QED) is 0.338. The van der Waals surface area contributed by atoms with Crippen LogP contribution in [0.2, 0.25) is 0 Å². The fraction of sp³-hybridized carbons (Fsp3) is 0.900. The number of hydrogen-bond acceptors (Lipinski definition) is 4. The third-order valence-electron chi connectivity index (χ3n) is 6.56. The highest BCUT2D eigenvalue weighted by molar-refractivity contribution is 14.0. The first-order chi connectivity index (χ1) is 13.1. The van der Waals surface area contributed by atoms with Crippen LogP contribution in [0, 0.1) is 5.41 Å². The third-order valence-corrected chi connectivity index (χ3v) is 6.56. The second-order valence-electron chi connectivity index (χ2n) is 8.11. The lowest BCUT2D eigenvalue weighted by Crippen LogP contribution is -2.59. The lowest BCUT2D eigenvalue weighted by atomic mass is 9.55. The third kappa shape index (κ3) is 5.23. The summed E-state index contributed by atoms with van der Waals surface area (Å²) in [5.74, 6) is 0.550. The van der Waals surface area contributed by atoms with Crippen LogP contribution in [0.25, 0.3) is 0 Å². The molecule has 7 nitrogen and oxygen atoms in total. The molecule has 3 aliphatic rings. The molecule has 0 aromatic carbocycles. The van der Waals surface area contributed by atoms with Gasteiger partial charge in [-0.25, -0.2) is 9.79 Å². The lowest BCUT2D eigenvalue weighted by Gasteiger charge is -2.56. The number of nitrogens with two attached hydrogens (primary N) is 1. The number of carbonyl (C=O) groups is 1. The predicted octanol–water partition coefficient (Wildman–Crippen LogP) is 3.26. The van der Waals surface area contributed by atoms with E-state index in [-0.39, 0.29) is 47.6 Å². The highest BCUT2D eigenvalue weighted by Crippen LogP contribution is 2.54. The molecule has 2 atom stereocenters. The minimum Gasteiger partial charge on any atom is -0.450 e. The molecule has 1 amide bonds. The number of rotatable bonds is 5. The largest absolute Gasteiger partial charge is 0.450 e. The highest BCUT2D eigenvalue weighted by atomic mass is 127. The number of hydrogen-bond donors (Lipinski definition) is 2. The Kier molecular flexibility index (Phi) is 9.11. The van der Waals surface area contributed by atoms with Gasteiger partial charge in [-0.1, -0.05) is 19.3 Å². The zero-order valence-electron chi connectivity index (χ0n) is 17.3. The van der Waals surface area contributed by atoms with Crippen LogP contribution in [0.3, 0.4) is 0 Å². The zero-order valence-corrected chi connectivity index (χ0v) is 19.7. The van der Waals surface area contributed by atoms with Gasteiger partial charge >= 0.3 is 6.09 Å². The normalized spacial score (nSPS) is 27.6. The molecule has 3 fully saturated rings. The van der Waals surface area contributed by atoms with Gasteiger partial charge in [0, 0.05) is 31.2 Å². The molecule has 0 aromatic heterocycles. The van der Waals surface area contributed by atoms with E-state index in [2.05, 4.69) is 12.2 Å². The van der Waals surface area contributed by atoms with Crippen LogP contribution < -0.4 is 11.1 Å². The number of likely N-dealkylation sites (tertiary alicyclic amines) is 1. The van der Waals surface area contributed by atoms with Crippen LogP contribution >= 0.6 is 24.0 Å². The van der Waals surface area contributed by atoms with Crippen molar-refractivity contribution in [2.75, 3.05) is 26.3 Å². The summed E-state index contributed by atoms with van der Waals surface area (Å²) in [6, 6.07) is 0.547. The standard InChI is InChI=1S/C20H36N4O3.HI/c1-3-26-17-14-16(20(17)10-6-5-7-11-20)23-18(21)22-15-8-12-24(13-9-15)19(25)27-4-2;/h15-17H,3-14H2,1-2H3,(H3,21,22,23);1H. The van der Waals surface area contributed by atoms with Crippen molar-refractivity contribution >= 4 is 36.0 Å². The van der Waals surface area contributed by atoms with Gasteiger partial charge in [0.2, 0.25) is 0 Å². The number of nitrogens with one attached hydrogen (secondary N) is 1. The van der Waals surface area contributed by atoms with Gasteiger partial charge in [-0.15, -0.1) is 24.0 Å². The van der Waals surface area contributed by atoms with E-state index >= 15 is 0 Å². The number of halogens is 1. The molecule has 0 bridgehead atoms. The zero-order chi connectivity index (χ0) is 19.3. The molecule has 3 rings (SSSR count). The summed E-state index contributed by atoms with van der Waals surface area (Å²) in [6.45, 7) is 6.50. The van der Waals surface area contributed by atoms with Gasteiger partial charge < -0.3 is 25.4 Å². The summed E-state index contributed by atoms with van der Waals surface area (Å²) in [7, 11) is 0. The Hall–Kier alpha value is -0.770. The number of carbonyl (C=O) groups excluding carboxylic acids is 1. The minimum absolute atomic E-state index is 0. The van der Waals surface area contributed by atoms with E-state index in [9.17, 15) is 4.79 Å². The van der Waals surface area contributed by atoms with Gasteiger partial charge in [0.25, 0.3) is 0 Å². The smallest absolute Gasteiger partial charge is 0.409 e. The minimum atomic E-state index is -0.215. The van der Waals surface area contributed by atoms with Gasteiger partial charge in [0.05, 0.1) is 18.8 Å². The molecular formula is C20H37IN4O3. The molecule has 0 radical (unpaired) electrons. The Morgan fingerprint density at radius 2 is 1.86 bits per heavy atom. The van der Waals surface area contributed by atoms with Crippen LogP contribution in [0.1, 0.15) is 65.2 Å². The molecule has 2 aliphatic carbocycles. The van der Waals surface area contributed by atoms with Gasteiger partial charge in [-0.2, -0.15) is 0 Å². The van der Waals surface area contributed by atoms with Crippen molar-refractivity contribution < 1.29 is 14.3 Å². The number of amides is 1. The van der Waals surface area contributed by atoms with Gasteiger partial charge in [-0.05, 0) is 46.0 Å². The van der Waals surface area contributed by atoms with Crippen molar-refractivity contribution in [3.05, 3.63) is 0 Å². The summed E-state index contributed by atoms with van der Waals surface area (Å²) >= 11 is 0. The van der Waals surface area contributed by atoms with Crippen LogP contribution in [-0.2, 0) is 9.47 Å². The van der Waals surface area contributed by atoms with Crippen molar-refractivity contribution in [2.24, 2.45) is 16.1 Å². The van der Waals surface area contributed by atoms with Crippen molar-refractivity contribution in [3.8, 4) is 0 Å². The number of guanidine groups is 1. The molecule has 8 heteroatoms. The molecule has 1 aliphatic heterocycles. The molecule has 2 saturated carbocycles. The van der Waals surface area contributed by atoms with Crippen molar-refractivity contribution in [3.63, 3.8) is 0 Å². The Balaban J connectivity index is 0.00000280. The second kappa shape index (κ2) is 10.8. The molecule has 1 heterocycles. The first-order valence-electron chi connectivity index (χ1n) is 10.7. The predicted molar refractivity (Wildman–Crippen MR) is 121 cm³/mol. The lowest BCUT2D eigenvalue weighted by molar-refractivity contribution is -0.139. The molecule has 28 heavy (non-hydrogen) atoms. The maximum Gasteiger partial charge on any atom is 0.409 e. The van der Waals surface area contributed by atoms with Crippen LogP contribution in [-0.4, -0.2) is 61.4 Å². The molecule has 1 saturated heterocycles. The summed E-state index contributed by atoms with van der Waals surface area (Å²) < 4.78 is 11.1. The summed E-state index contributed by atoms with van der Waals surface area (Å²) in [4.78, 5) is 18.4. The van der Waals surface area contributed by atoms with Crippen molar-refractivity contribution in [1.82, 2.24) is 10.2 Å². The summed E-state index contributed by atoms with van der Waals surface area (Å²) in [6.07, 6.45) is 9.13. The Labute approximate surface area is 186 Å². The number of ether oxygens (including phenoxy) is 2. The van der Waals surface area contributed by atoms with Crippen molar-refractivity contribution in [2.45, 2.75) is 83.4 Å². The maximum atomic E-state index is 11.8. The SMILES string of the molecule is CCOC(=O)N1CCC(NC(N)=NC2CC(OCC)C23CCCCC3)CC1.I. The summed E-state index contributed by atoms with van der Waals surface area (Å²) in [5.41, 5.74) is 6.46. The molecule has 3 N–H and O–H groups in total. The highest BCUT2D eigenvalue weighted by Gasteiger charge is 2.55. The van der Waals surface area contributed by atoms with E-state index in [1.807, 2.05) is 6.92 Å². The van der Waals surface area contributed by atoms with E-state index < -0.39 is 0 Å². The first kappa shape index (κ1) is 23.5. The van der Waals surface area contributed by atoms with Crippen LogP contribution in [0.5, 0.6) is 0 Å². The first-order valence-corrected chi connectivity index (χ1v) is 10.7. The number of nitrogens with zero attached hydrogens (tertiary/aromatic N) is 2. The van der Waals surface area contributed by atoms with E-state index in [1.54, 1.807) is 4.90 Å². The van der Waals surface area contributed by atoms with Gasteiger partial charge in [-0.3, -0.25) is 0 Å². The average Bonchev–Trinajstić information content (AvgIpc) is 2.68. The monoisotopic (exact) mass is 508 g/mol. The molecule has 1 spiro atoms. The van der Waals surface area contributed by atoms with Crippen molar-refractivity contribution in [1.29, 1.82) is 0 Å². The number of piperidine rings is 1. The summed E-state index contributed by atoms with van der Waals surface area (Å²) in [5, 5.41) is 3.39. The molecule has 0 aromatic rings. The van der Waals surface area contributed by atoms with E-state index in [4.69, 9.17) is 20.2 Å². The Morgan fingerprint density at radius 1 is 1.18 bits per heavy atom. The fourth-order valence-electron chi connectivity index (χ4n) is 5.04. The Bertz CT molecular complexity index is 532. The molecule has 162 valence electrons. The fourth-order valence-corrected chi connectivity index (χ4v) is 5.04.